The van der Waals surface area contributed by atoms with Crippen LogP contribution in [0.2, 0.25) is 0 Å². The van der Waals surface area contributed by atoms with E-state index in [2.05, 4.69) is 10.2 Å². The van der Waals surface area contributed by atoms with E-state index >= 15 is 0 Å². The number of hydrogen-bond donors (Lipinski definition) is 1. The largest absolute Gasteiger partial charge is 0.444 e. The first-order valence-corrected chi connectivity index (χ1v) is 12.6. The molecule has 1 N–H and O–H groups in total. The second kappa shape index (κ2) is 8.90. The van der Waals surface area contributed by atoms with Crippen LogP contribution in [0.3, 0.4) is 0 Å². The predicted molar refractivity (Wildman–Crippen MR) is 129 cm³/mol. The number of likely N-dealkylation sites (tertiary alicyclic amines) is 1. The van der Waals surface area contributed by atoms with Gasteiger partial charge in [-0.1, -0.05) is 0 Å². The minimum atomic E-state index is -0.961. The third-order valence-electron chi connectivity index (χ3n) is 7.56. The molecule has 0 aliphatic carbocycles. The summed E-state index contributed by atoms with van der Waals surface area (Å²) in [4.78, 5) is 66.9. The molecule has 1 unspecified atom stereocenters. The molecule has 1 aromatic carbocycles. The molecule has 0 saturated carbocycles. The van der Waals surface area contributed by atoms with E-state index in [1.54, 1.807) is 17.0 Å². The van der Waals surface area contributed by atoms with Gasteiger partial charge in [0.05, 0.1) is 11.1 Å². The van der Waals surface area contributed by atoms with Gasteiger partial charge in [0.25, 0.3) is 11.8 Å². The molecule has 192 valence electrons. The highest BCUT2D eigenvalue weighted by atomic mass is 16.6. The van der Waals surface area contributed by atoms with Crippen LogP contribution in [0.25, 0.3) is 0 Å². The molecular weight excluding hydrogens is 464 g/mol. The number of nitrogens with one attached hydrogen (secondary N) is 1. The normalized spacial score (nSPS) is 23.5. The molecule has 4 aliphatic heterocycles. The zero-order valence-electron chi connectivity index (χ0n) is 20.9. The second-order valence-corrected chi connectivity index (χ2v) is 11.1. The van der Waals surface area contributed by atoms with Crippen LogP contribution >= 0.6 is 0 Å². The molecule has 3 fully saturated rings. The molecular formula is C26H32N4O6. The van der Waals surface area contributed by atoms with E-state index < -0.39 is 35.3 Å². The van der Waals surface area contributed by atoms with Crippen LogP contribution in [0, 0.1) is 11.8 Å². The number of imide groups is 2. The maximum absolute atomic E-state index is 13.1. The summed E-state index contributed by atoms with van der Waals surface area (Å²) < 4.78 is 5.45. The van der Waals surface area contributed by atoms with Crippen molar-refractivity contribution in [2.45, 2.75) is 58.1 Å². The Bertz CT molecular complexity index is 1130. The highest BCUT2D eigenvalue weighted by Gasteiger charge is 2.45. The maximum atomic E-state index is 13.1. The van der Waals surface area contributed by atoms with Gasteiger partial charge in [0.2, 0.25) is 11.8 Å². The lowest BCUT2D eigenvalue weighted by Crippen LogP contribution is -2.55. The van der Waals surface area contributed by atoms with Crippen molar-refractivity contribution in [1.82, 2.24) is 15.1 Å². The zero-order valence-corrected chi connectivity index (χ0v) is 20.9. The molecule has 36 heavy (non-hydrogen) atoms. The summed E-state index contributed by atoms with van der Waals surface area (Å²) >= 11 is 0. The molecule has 4 aliphatic rings. The Labute approximate surface area is 209 Å². The summed E-state index contributed by atoms with van der Waals surface area (Å²) in [7, 11) is 0. The average molecular weight is 497 g/mol. The number of carbonyl (C=O) groups excluding carboxylic acids is 5. The van der Waals surface area contributed by atoms with Crippen LogP contribution in [0.4, 0.5) is 10.5 Å². The SMILES string of the molecule is CC(C)(C)OC(=O)N1CC(C2CCN(c3ccc4c(c3)C(=O)N(C3CCC(=O)NC3=O)C4=O)CC2)C1. The molecule has 0 bridgehead atoms. The van der Waals surface area contributed by atoms with Gasteiger partial charge < -0.3 is 14.5 Å². The summed E-state index contributed by atoms with van der Waals surface area (Å²) in [6.45, 7) is 8.71. The maximum Gasteiger partial charge on any atom is 0.410 e. The Morgan fingerprint density at radius 1 is 0.944 bits per heavy atom. The van der Waals surface area contributed by atoms with Gasteiger partial charge in [-0.2, -0.15) is 0 Å². The topological polar surface area (TPSA) is 116 Å². The third kappa shape index (κ3) is 4.44. The molecule has 5 amide bonds. The van der Waals surface area contributed by atoms with Crippen molar-refractivity contribution in [3.8, 4) is 0 Å². The minimum absolute atomic E-state index is 0.0978. The van der Waals surface area contributed by atoms with Crippen LogP contribution in [-0.4, -0.2) is 77.3 Å². The van der Waals surface area contributed by atoms with Gasteiger partial charge in [0.15, 0.2) is 0 Å². The number of benzene rings is 1. The number of piperidine rings is 2. The highest BCUT2D eigenvalue weighted by Crippen LogP contribution is 2.36. The van der Waals surface area contributed by atoms with E-state index in [9.17, 15) is 24.0 Å². The number of amides is 5. The van der Waals surface area contributed by atoms with E-state index in [1.807, 2.05) is 26.8 Å². The lowest BCUT2D eigenvalue weighted by atomic mass is 9.79. The Kier molecular flexibility index (Phi) is 6.00. The Morgan fingerprint density at radius 3 is 2.25 bits per heavy atom. The molecule has 10 heteroatoms. The Balaban J connectivity index is 1.18. The van der Waals surface area contributed by atoms with E-state index in [0.717, 1.165) is 49.6 Å². The van der Waals surface area contributed by atoms with E-state index in [1.165, 1.54) is 0 Å². The van der Waals surface area contributed by atoms with Crippen LogP contribution in [0.1, 0.15) is 67.2 Å². The number of anilines is 1. The van der Waals surface area contributed by atoms with Crippen LogP contribution in [0.15, 0.2) is 18.2 Å². The van der Waals surface area contributed by atoms with Crippen molar-refractivity contribution in [2.75, 3.05) is 31.1 Å². The first-order valence-electron chi connectivity index (χ1n) is 12.6. The molecule has 0 radical (unpaired) electrons. The Morgan fingerprint density at radius 2 is 1.61 bits per heavy atom. The van der Waals surface area contributed by atoms with Gasteiger partial charge in [-0.15, -0.1) is 0 Å². The highest BCUT2D eigenvalue weighted by molar-refractivity contribution is 6.23. The number of rotatable bonds is 3. The quantitative estimate of drug-likeness (QED) is 0.638. The number of fused-ring (bicyclic) bond motifs is 1. The zero-order chi connectivity index (χ0) is 25.8. The number of carbonyl (C=O) groups is 5. The lowest BCUT2D eigenvalue weighted by Gasteiger charge is -2.46. The molecule has 0 spiro atoms. The predicted octanol–water partition coefficient (Wildman–Crippen LogP) is 2.17. The van der Waals surface area contributed by atoms with Crippen LogP contribution in [-0.2, 0) is 14.3 Å². The fourth-order valence-corrected chi connectivity index (χ4v) is 5.57. The van der Waals surface area contributed by atoms with Crippen LogP contribution in [0.5, 0.6) is 0 Å². The average Bonchev–Trinajstić information content (AvgIpc) is 3.02. The summed E-state index contributed by atoms with van der Waals surface area (Å²) in [5.74, 6) is -0.976. The summed E-state index contributed by atoms with van der Waals surface area (Å²) in [5.41, 5.74) is 0.979. The lowest BCUT2D eigenvalue weighted by molar-refractivity contribution is -0.136. The minimum Gasteiger partial charge on any atom is -0.444 e. The fraction of sp³-hybridized carbons (Fsp3) is 0.577. The summed E-state index contributed by atoms with van der Waals surface area (Å²) in [6, 6.07) is 4.30. The van der Waals surface area contributed by atoms with Crippen molar-refractivity contribution < 1.29 is 28.7 Å². The van der Waals surface area contributed by atoms with Gasteiger partial charge in [-0.25, -0.2) is 4.79 Å². The van der Waals surface area contributed by atoms with Gasteiger partial charge in [0, 0.05) is 38.3 Å². The monoisotopic (exact) mass is 496 g/mol. The van der Waals surface area contributed by atoms with Gasteiger partial charge in [0.1, 0.15) is 11.6 Å². The first kappa shape index (κ1) is 24.3. The smallest absolute Gasteiger partial charge is 0.410 e. The van der Waals surface area contributed by atoms with E-state index in [-0.39, 0.29) is 18.9 Å². The summed E-state index contributed by atoms with van der Waals surface area (Å²) in [6.07, 6.45) is 1.96. The fourth-order valence-electron chi connectivity index (χ4n) is 5.57. The molecule has 5 rings (SSSR count). The first-order chi connectivity index (χ1) is 17.0. The second-order valence-electron chi connectivity index (χ2n) is 11.1. The summed E-state index contributed by atoms with van der Waals surface area (Å²) in [5, 5.41) is 2.22. The van der Waals surface area contributed by atoms with Crippen molar-refractivity contribution >= 4 is 35.4 Å². The number of ether oxygens (including phenoxy) is 1. The molecule has 0 aromatic heterocycles. The van der Waals surface area contributed by atoms with Crippen molar-refractivity contribution in [1.29, 1.82) is 0 Å². The van der Waals surface area contributed by atoms with E-state index in [4.69, 9.17) is 4.74 Å². The molecule has 1 aromatic rings. The molecule has 1 atom stereocenters. The van der Waals surface area contributed by atoms with Gasteiger partial charge >= 0.3 is 6.09 Å². The Hall–Kier alpha value is -3.43. The van der Waals surface area contributed by atoms with Crippen LogP contribution < -0.4 is 10.2 Å². The van der Waals surface area contributed by atoms with Crippen molar-refractivity contribution in [3.63, 3.8) is 0 Å². The molecule has 4 heterocycles. The third-order valence-corrected chi connectivity index (χ3v) is 7.56. The van der Waals surface area contributed by atoms with Crippen molar-refractivity contribution in [3.05, 3.63) is 29.3 Å². The standard InChI is InChI=1S/C26H32N4O6/c1-26(2,3)36-25(35)29-13-16(14-29)15-8-10-28(11-9-15)17-4-5-18-19(12-17)24(34)30(23(18)33)20-6-7-21(31)27-22(20)32/h4-5,12,15-16,20H,6-11,13-14H2,1-3H3,(H,27,31,32). The molecule has 3 saturated heterocycles. The van der Waals surface area contributed by atoms with E-state index in [0.29, 0.717) is 23.0 Å². The van der Waals surface area contributed by atoms with Gasteiger partial charge in [-0.3, -0.25) is 29.4 Å². The van der Waals surface area contributed by atoms with Crippen molar-refractivity contribution in [2.24, 2.45) is 11.8 Å². The van der Waals surface area contributed by atoms with Gasteiger partial charge in [-0.05, 0) is 70.1 Å². The molecule has 10 nitrogen and oxygen atoms in total. The number of hydrogen-bond acceptors (Lipinski definition) is 7. The number of nitrogens with zero attached hydrogens (tertiary/aromatic N) is 3.